The van der Waals surface area contributed by atoms with Crippen LogP contribution in [0.2, 0.25) is 0 Å². The Morgan fingerprint density at radius 1 is 1.13 bits per heavy atom. The molecule has 14 nitrogen and oxygen atoms in total. The summed E-state index contributed by atoms with van der Waals surface area (Å²) >= 11 is 1.20. The number of aryl methyl sites for hydroxylation is 2. The summed E-state index contributed by atoms with van der Waals surface area (Å²) in [5.41, 5.74) is 0.712. The number of sulfonamides is 1. The molecule has 0 radical (unpaired) electrons. The average Bonchev–Trinajstić information content (AvgIpc) is 4.02. The largest absolute Gasteiger partial charge is 0.471 e. The van der Waals surface area contributed by atoms with Gasteiger partial charge in [-0.3, -0.25) is 23.9 Å². The zero-order valence-electron chi connectivity index (χ0n) is 30.6. The second-order valence-corrected chi connectivity index (χ2v) is 18.0. The molecule has 17 heteroatoms. The molecule has 54 heavy (non-hydrogen) atoms. The number of carbonyl (C=O) groups excluding carboxylic acids is 4. The fraction of sp³-hybridized carbons (Fsp3) is 0.541. The maximum absolute atomic E-state index is 14.6. The van der Waals surface area contributed by atoms with Crippen molar-refractivity contribution < 1.29 is 36.7 Å². The van der Waals surface area contributed by atoms with Crippen LogP contribution in [-0.4, -0.2) is 87.9 Å². The number of carbonyl (C=O) groups is 4. The Morgan fingerprint density at radius 2 is 1.91 bits per heavy atom. The van der Waals surface area contributed by atoms with E-state index >= 15 is 0 Å². The topological polar surface area (TPSA) is 190 Å². The summed E-state index contributed by atoms with van der Waals surface area (Å²) in [6.45, 7) is 4.26. The molecule has 2 aliphatic carbocycles. The molecule has 2 aromatic heterocycles. The second-order valence-electron chi connectivity index (χ2n) is 14.6. The Balaban J connectivity index is 1.19. The number of unbranched alkanes of at least 4 members (excludes halogenated alkanes) is 3. The van der Waals surface area contributed by atoms with E-state index in [0.717, 1.165) is 24.1 Å². The van der Waals surface area contributed by atoms with Gasteiger partial charge in [0.2, 0.25) is 27.7 Å². The van der Waals surface area contributed by atoms with Crippen LogP contribution in [0, 0.1) is 25.6 Å². The van der Waals surface area contributed by atoms with Crippen molar-refractivity contribution in [1.82, 2.24) is 35.2 Å². The van der Waals surface area contributed by atoms with Crippen LogP contribution in [0.25, 0.3) is 11.0 Å². The first-order valence-corrected chi connectivity index (χ1v) is 20.7. The maximum Gasteiger partial charge on any atom is 0.280 e. The van der Waals surface area contributed by atoms with Gasteiger partial charge in [0.1, 0.15) is 29.4 Å². The number of hydrogen-bond donors (Lipinski definition) is 3. The van der Waals surface area contributed by atoms with Gasteiger partial charge in [-0.25, -0.2) is 27.8 Å². The Labute approximate surface area is 317 Å². The van der Waals surface area contributed by atoms with Gasteiger partial charge in [-0.1, -0.05) is 31.1 Å². The molecule has 1 aliphatic heterocycles. The first-order valence-electron chi connectivity index (χ1n) is 18.4. The summed E-state index contributed by atoms with van der Waals surface area (Å²) in [7, 11) is -3.93. The minimum Gasteiger partial charge on any atom is -0.471 e. The van der Waals surface area contributed by atoms with Crippen LogP contribution in [0.15, 0.2) is 36.5 Å². The van der Waals surface area contributed by atoms with Crippen LogP contribution in [0.5, 0.6) is 5.88 Å². The van der Waals surface area contributed by atoms with Gasteiger partial charge in [0.05, 0.1) is 23.4 Å². The van der Waals surface area contributed by atoms with E-state index in [1.165, 1.54) is 48.1 Å². The predicted octanol–water partition coefficient (Wildman–Crippen LogP) is 4.02. The molecule has 0 unspecified atom stereocenters. The number of fused-ring (bicyclic) bond motifs is 1. The van der Waals surface area contributed by atoms with Crippen LogP contribution in [0.4, 0.5) is 4.39 Å². The molecule has 3 aliphatic rings. The molecule has 290 valence electrons. The fourth-order valence-corrected chi connectivity index (χ4v) is 8.23. The van der Waals surface area contributed by atoms with E-state index in [1.54, 1.807) is 19.2 Å². The predicted molar refractivity (Wildman–Crippen MR) is 200 cm³/mol. The Kier molecular flexibility index (Phi) is 12.0. The third-order valence-corrected chi connectivity index (χ3v) is 13.1. The molecule has 1 aromatic carbocycles. The molecule has 3 aromatic rings. The number of para-hydroxylation sites is 1. The number of likely N-dealkylation sites (tertiary alicyclic amines) is 1. The molecule has 3 atom stereocenters. The molecular formula is C37H46FN7O7S2. The number of nitrogens with zero attached hydrogens (tertiary/aromatic N) is 4. The Bertz CT molecular complexity index is 2050. The van der Waals surface area contributed by atoms with Crippen LogP contribution < -0.4 is 20.1 Å². The highest BCUT2D eigenvalue weighted by Crippen LogP contribution is 2.42. The number of aromatic nitrogens is 3. The third-order valence-electron chi connectivity index (χ3n) is 9.99. The van der Waals surface area contributed by atoms with Crippen molar-refractivity contribution in [3.05, 3.63) is 57.9 Å². The maximum atomic E-state index is 14.6. The van der Waals surface area contributed by atoms with Crippen LogP contribution in [0.3, 0.4) is 0 Å². The molecule has 3 heterocycles. The first kappa shape index (κ1) is 39.2. The lowest BCUT2D eigenvalue weighted by Gasteiger charge is -2.28. The van der Waals surface area contributed by atoms with Gasteiger partial charge in [-0.2, -0.15) is 0 Å². The number of rotatable bonds is 17. The third kappa shape index (κ3) is 9.58. The fourth-order valence-electron chi connectivity index (χ4n) is 6.30. The summed E-state index contributed by atoms with van der Waals surface area (Å²) in [5.74, 6) is -2.54. The minimum absolute atomic E-state index is 0.00238. The van der Waals surface area contributed by atoms with Gasteiger partial charge in [0.15, 0.2) is 10.8 Å². The highest BCUT2D eigenvalue weighted by molar-refractivity contribution is 7.91. The number of amides is 4. The van der Waals surface area contributed by atoms with E-state index in [9.17, 15) is 32.0 Å². The first-order chi connectivity index (χ1) is 25.7. The smallest absolute Gasteiger partial charge is 0.280 e. The summed E-state index contributed by atoms with van der Waals surface area (Å²) in [5, 5.41) is 5.52. The van der Waals surface area contributed by atoms with Crippen LogP contribution in [0.1, 0.15) is 91.5 Å². The van der Waals surface area contributed by atoms with Crippen molar-refractivity contribution >= 4 is 56.0 Å². The number of hydrogen-bond acceptors (Lipinski definition) is 11. The van der Waals surface area contributed by atoms with E-state index in [2.05, 4.69) is 37.7 Å². The van der Waals surface area contributed by atoms with Crippen LogP contribution in [-0.2, 0) is 24.4 Å². The number of thiazole rings is 1. The summed E-state index contributed by atoms with van der Waals surface area (Å²) < 4.78 is 47.0. The van der Waals surface area contributed by atoms with Crippen molar-refractivity contribution in [3.63, 3.8) is 0 Å². The molecule has 3 fully saturated rings. The molecule has 3 N–H and O–H groups in total. The summed E-state index contributed by atoms with van der Waals surface area (Å²) in [6.07, 6.45) is 12.1. The molecule has 6 rings (SSSR count). The van der Waals surface area contributed by atoms with Gasteiger partial charge in [-0.15, -0.1) is 11.3 Å². The number of nitrogens with one attached hydrogen (secondary N) is 3. The van der Waals surface area contributed by atoms with E-state index < -0.39 is 68.9 Å². The number of allylic oxidation sites excluding steroid dienone is 2. The lowest BCUT2D eigenvalue weighted by Crippen LogP contribution is -2.54. The lowest BCUT2D eigenvalue weighted by atomic mass is 10.0. The van der Waals surface area contributed by atoms with E-state index in [4.69, 9.17) is 4.74 Å². The average molecular weight is 784 g/mol. The quantitative estimate of drug-likeness (QED) is 0.133. The molecule has 0 spiro atoms. The SMILES string of the molecule is Cc1cnc(C(=O)N[C@@H](CCCCCC=CC2CC2)C(=O)N2C[C@H](Oc3nc4c(F)cccc4nc3C)C[C@H]2C(=O)NCC(=O)NS(=O)(=O)C2(C)CC2)s1. The minimum atomic E-state index is -3.93. The second kappa shape index (κ2) is 16.5. The van der Waals surface area contributed by atoms with E-state index in [0.29, 0.717) is 42.8 Å². The number of ether oxygens (including phenoxy) is 1. The number of benzene rings is 1. The molecular weight excluding hydrogens is 738 g/mol. The van der Waals surface area contributed by atoms with Crippen molar-refractivity contribution in [2.45, 2.75) is 108 Å². The monoisotopic (exact) mass is 783 g/mol. The zero-order chi connectivity index (χ0) is 38.6. The standard InChI is InChI=1S/C37H46FN7O7S2/c1-22-19-40-35(53-22)33(48)42-28(12-8-6-4-5-7-10-24-14-15-24)36(49)45-21-25(52-34-23(2)41-27-13-9-11-26(38)31(27)43-34)18-29(45)32(47)39-20-30(46)44-54(50,51)37(3)16-17-37/h7,9-11,13,19,24-25,28-29H,4-6,8,12,14-18,20-21H2,1-3H3,(H,39,47)(H,42,48)(H,44,46)/t25-,28+,29+/m1/s1. The van der Waals surface area contributed by atoms with Gasteiger partial charge in [0, 0.05) is 17.5 Å². The summed E-state index contributed by atoms with van der Waals surface area (Å²) in [6, 6.07) is 2.23. The van der Waals surface area contributed by atoms with Gasteiger partial charge in [-0.05, 0) is 83.8 Å². The highest BCUT2D eigenvalue weighted by Gasteiger charge is 2.51. The molecule has 1 saturated heterocycles. The van der Waals surface area contributed by atoms with Gasteiger partial charge in [0.25, 0.3) is 11.8 Å². The van der Waals surface area contributed by atoms with Crippen LogP contribution >= 0.6 is 11.3 Å². The normalized spacial score (nSPS) is 19.8. The molecule has 4 amide bonds. The van der Waals surface area contributed by atoms with Crippen molar-refractivity contribution in [2.75, 3.05) is 13.1 Å². The van der Waals surface area contributed by atoms with Gasteiger partial charge < -0.3 is 20.3 Å². The van der Waals surface area contributed by atoms with Crippen molar-refractivity contribution in [3.8, 4) is 5.88 Å². The lowest BCUT2D eigenvalue weighted by molar-refractivity contribution is -0.140. The number of halogens is 1. The summed E-state index contributed by atoms with van der Waals surface area (Å²) in [4.78, 5) is 69.2. The molecule has 0 bridgehead atoms. The van der Waals surface area contributed by atoms with E-state index in [-0.39, 0.29) is 29.4 Å². The molecule has 2 saturated carbocycles. The van der Waals surface area contributed by atoms with E-state index in [1.807, 2.05) is 11.6 Å². The van der Waals surface area contributed by atoms with Gasteiger partial charge >= 0.3 is 0 Å². The van der Waals surface area contributed by atoms with Crippen molar-refractivity contribution in [1.29, 1.82) is 0 Å². The zero-order valence-corrected chi connectivity index (χ0v) is 32.2. The van der Waals surface area contributed by atoms with Crippen molar-refractivity contribution in [2.24, 2.45) is 5.92 Å². The highest BCUT2D eigenvalue weighted by atomic mass is 32.2. The Hall–Kier alpha value is -4.51. The Morgan fingerprint density at radius 3 is 2.61 bits per heavy atom.